The molecule has 1 N–H and O–H groups in total. The lowest BCUT2D eigenvalue weighted by Gasteiger charge is -2.16. The van der Waals surface area contributed by atoms with Crippen molar-refractivity contribution in [2.45, 2.75) is 26.8 Å². The summed E-state index contributed by atoms with van der Waals surface area (Å²) in [6, 6.07) is 1.61. The van der Waals surface area contributed by atoms with E-state index < -0.39 is 0 Å². The van der Waals surface area contributed by atoms with Crippen molar-refractivity contribution in [3.63, 3.8) is 0 Å². The molecule has 1 heterocycles. The third kappa shape index (κ3) is 4.87. The molecular weight excluding hydrogens is 240 g/mol. The van der Waals surface area contributed by atoms with E-state index in [1.165, 1.54) is 4.68 Å². The Balaban J connectivity index is 2.65. The van der Waals surface area contributed by atoms with E-state index in [4.69, 9.17) is 0 Å². The first-order valence-corrected chi connectivity index (χ1v) is 6.74. The zero-order valence-electron chi connectivity index (χ0n) is 12.1. The largest absolute Gasteiger partial charge is 0.373 e. The molecule has 0 spiro atoms. The highest BCUT2D eigenvalue weighted by Crippen LogP contribution is 2.06. The second kappa shape index (κ2) is 7.74. The molecule has 1 rings (SSSR count). The molecule has 5 nitrogen and oxygen atoms in total. The molecule has 0 fully saturated rings. The van der Waals surface area contributed by atoms with Crippen LogP contribution in [0, 0.1) is 0 Å². The molecule has 0 aromatic carbocycles. The van der Waals surface area contributed by atoms with Gasteiger partial charge in [0.05, 0.1) is 18.4 Å². The van der Waals surface area contributed by atoms with Crippen molar-refractivity contribution in [1.29, 1.82) is 0 Å². The first kappa shape index (κ1) is 15.4. The molecule has 5 heteroatoms. The highest BCUT2D eigenvalue weighted by atomic mass is 16.1. The van der Waals surface area contributed by atoms with Gasteiger partial charge in [0.2, 0.25) is 0 Å². The van der Waals surface area contributed by atoms with Crippen LogP contribution >= 0.6 is 0 Å². The summed E-state index contributed by atoms with van der Waals surface area (Å²) in [4.78, 5) is 13.9. The summed E-state index contributed by atoms with van der Waals surface area (Å²) in [6.45, 7) is 11.1. The first-order valence-electron chi connectivity index (χ1n) is 6.74. The second-order valence-electron chi connectivity index (χ2n) is 4.65. The molecule has 0 aliphatic heterocycles. The van der Waals surface area contributed by atoms with Crippen molar-refractivity contribution in [2.75, 3.05) is 31.6 Å². The van der Waals surface area contributed by atoms with Gasteiger partial charge in [-0.3, -0.25) is 4.79 Å². The summed E-state index contributed by atoms with van der Waals surface area (Å²) >= 11 is 0. The smallest absolute Gasteiger partial charge is 0.269 e. The Labute approximate surface area is 114 Å². The van der Waals surface area contributed by atoms with E-state index in [1.54, 1.807) is 12.3 Å². The third-order valence-electron chi connectivity index (χ3n) is 2.95. The maximum absolute atomic E-state index is 11.9. The van der Waals surface area contributed by atoms with Gasteiger partial charge in [0.15, 0.2) is 0 Å². The molecule has 0 radical (unpaired) electrons. The van der Waals surface area contributed by atoms with Gasteiger partial charge in [0.1, 0.15) is 0 Å². The summed E-state index contributed by atoms with van der Waals surface area (Å²) in [6.07, 6.45) is 2.81. The van der Waals surface area contributed by atoms with E-state index >= 15 is 0 Å². The summed E-state index contributed by atoms with van der Waals surface area (Å²) in [5.74, 6) is 0. The minimum atomic E-state index is -0.0885. The molecule has 0 saturated carbocycles. The van der Waals surface area contributed by atoms with Crippen LogP contribution in [0.3, 0.4) is 0 Å². The fourth-order valence-electron chi connectivity index (χ4n) is 1.64. The van der Waals surface area contributed by atoms with Crippen molar-refractivity contribution in [1.82, 2.24) is 15.1 Å². The Hall–Kier alpha value is -1.62. The second-order valence-corrected chi connectivity index (χ2v) is 4.65. The lowest BCUT2D eigenvalue weighted by atomic mass is 10.3. The van der Waals surface area contributed by atoms with E-state index in [9.17, 15) is 4.79 Å². The summed E-state index contributed by atoms with van der Waals surface area (Å²) in [5, 5.41) is 7.45. The maximum Gasteiger partial charge on any atom is 0.269 e. The number of aromatic nitrogens is 2. The Morgan fingerprint density at radius 2 is 2.26 bits per heavy atom. The molecule has 1 aromatic rings. The number of anilines is 1. The van der Waals surface area contributed by atoms with Crippen molar-refractivity contribution in [2.24, 2.45) is 0 Å². The van der Waals surface area contributed by atoms with E-state index in [2.05, 4.69) is 23.9 Å². The van der Waals surface area contributed by atoms with Gasteiger partial charge in [-0.05, 0) is 25.5 Å². The molecule has 0 atom stereocenters. The number of nitrogens with one attached hydrogen (secondary N) is 1. The zero-order valence-corrected chi connectivity index (χ0v) is 12.1. The monoisotopic (exact) mass is 264 g/mol. The van der Waals surface area contributed by atoms with Gasteiger partial charge in [-0.25, -0.2) is 4.68 Å². The van der Waals surface area contributed by atoms with Crippen molar-refractivity contribution in [3.05, 3.63) is 34.8 Å². The van der Waals surface area contributed by atoms with E-state index in [0.717, 1.165) is 37.3 Å². The predicted molar refractivity (Wildman–Crippen MR) is 79.7 cm³/mol. The van der Waals surface area contributed by atoms with Crippen LogP contribution in [0.25, 0.3) is 0 Å². The van der Waals surface area contributed by atoms with E-state index in [0.29, 0.717) is 6.54 Å². The molecule has 0 bridgehead atoms. The molecule has 0 amide bonds. The van der Waals surface area contributed by atoms with Crippen LogP contribution in [0.2, 0.25) is 0 Å². The molecule has 19 heavy (non-hydrogen) atoms. The van der Waals surface area contributed by atoms with Crippen LogP contribution in [0.4, 0.5) is 5.69 Å². The van der Waals surface area contributed by atoms with Crippen LogP contribution in [0.15, 0.2) is 29.2 Å². The van der Waals surface area contributed by atoms with Gasteiger partial charge in [-0.2, -0.15) is 5.10 Å². The molecule has 1 aromatic heterocycles. The standard InChI is InChI=1S/C14H24N4O/c1-5-7-15-9-12(3)11-18-14(19)8-13(10-16-18)17(4)6-2/h8,10,15H,3,5-7,9,11H2,1-2,4H3. The van der Waals surface area contributed by atoms with Crippen LogP contribution in [0.5, 0.6) is 0 Å². The van der Waals surface area contributed by atoms with Crippen LogP contribution in [-0.4, -0.2) is 36.5 Å². The normalized spacial score (nSPS) is 10.5. The Morgan fingerprint density at radius 3 is 2.84 bits per heavy atom. The topological polar surface area (TPSA) is 50.2 Å². The van der Waals surface area contributed by atoms with E-state index in [-0.39, 0.29) is 5.56 Å². The molecular formula is C14H24N4O. The minimum Gasteiger partial charge on any atom is -0.373 e. The average molecular weight is 264 g/mol. The van der Waals surface area contributed by atoms with Gasteiger partial charge in [0.25, 0.3) is 5.56 Å². The summed E-state index contributed by atoms with van der Waals surface area (Å²) in [5.41, 5.74) is 1.72. The molecule has 0 saturated heterocycles. The highest BCUT2D eigenvalue weighted by Gasteiger charge is 2.04. The Morgan fingerprint density at radius 1 is 1.53 bits per heavy atom. The molecule has 0 aliphatic rings. The van der Waals surface area contributed by atoms with Crippen LogP contribution < -0.4 is 15.8 Å². The average Bonchev–Trinajstić information content (AvgIpc) is 2.40. The van der Waals surface area contributed by atoms with Gasteiger partial charge in [0, 0.05) is 26.2 Å². The van der Waals surface area contributed by atoms with Crippen molar-refractivity contribution >= 4 is 5.69 Å². The number of hydrogen-bond donors (Lipinski definition) is 1. The van der Waals surface area contributed by atoms with Crippen molar-refractivity contribution in [3.8, 4) is 0 Å². The van der Waals surface area contributed by atoms with Crippen LogP contribution in [-0.2, 0) is 6.54 Å². The maximum atomic E-state index is 11.9. The third-order valence-corrected chi connectivity index (χ3v) is 2.95. The minimum absolute atomic E-state index is 0.0885. The highest BCUT2D eigenvalue weighted by molar-refractivity contribution is 5.41. The number of hydrogen-bond acceptors (Lipinski definition) is 4. The fraction of sp³-hybridized carbons (Fsp3) is 0.571. The van der Waals surface area contributed by atoms with Crippen molar-refractivity contribution < 1.29 is 0 Å². The zero-order chi connectivity index (χ0) is 14.3. The van der Waals surface area contributed by atoms with Gasteiger partial charge in [-0.1, -0.05) is 13.5 Å². The number of rotatable bonds is 8. The lowest BCUT2D eigenvalue weighted by Crippen LogP contribution is -2.28. The molecule has 0 aliphatic carbocycles. The summed E-state index contributed by atoms with van der Waals surface area (Å²) in [7, 11) is 1.94. The SMILES string of the molecule is C=C(CNCCC)Cn1ncc(N(C)CC)cc1=O. The summed E-state index contributed by atoms with van der Waals surface area (Å²) < 4.78 is 1.45. The molecule has 0 unspecified atom stereocenters. The Bertz CT molecular complexity index is 467. The number of nitrogens with zero attached hydrogens (tertiary/aromatic N) is 3. The molecule has 106 valence electrons. The lowest BCUT2D eigenvalue weighted by molar-refractivity contribution is 0.603. The first-order chi connectivity index (χ1) is 9.08. The van der Waals surface area contributed by atoms with Gasteiger partial charge in [-0.15, -0.1) is 0 Å². The predicted octanol–water partition coefficient (Wildman–Crippen LogP) is 1.26. The quantitative estimate of drug-likeness (QED) is 0.567. The van der Waals surface area contributed by atoms with Gasteiger partial charge < -0.3 is 10.2 Å². The van der Waals surface area contributed by atoms with Gasteiger partial charge >= 0.3 is 0 Å². The fourth-order valence-corrected chi connectivity index (χ4v) is 1.64. The van der Waals surface area contributed by atoms with E-state index in [1.807, 2.05) is 18.9 Å². The Kier molecular flexibility index (Phi) is 6.29. The van der Waals surface area contributed by atoms with Crippen LogP contribution in [0.1, 0.15) is 20.3 Å².